The van der Waals surface area contributed by atoms with Crippen LogP contribution in [0.3, 0.4) is 0 Å². The lowest BCUT2D eigenvalue weighted by atomic mass is 10.1. The van der Waals surface area contributed by atoms with E-state index in [1.54, 1.807) is 0 Å². The fourth-order valence-corrected chi connectivity index (χ4v) is 1.45. The van der Waals surface area contributed by atoms with Crippen molar-refractivity contribution in [2.24, 2.45) is 0 Å². The summed E-state index contributed by atoms with van der Waals surface area (Å²) in [5.41, 5.74) is -0.461. The van der Waals surface area contributed by atoms with Crippen molar-refractivity contribution in [2.75, 3.05) is 20.8 Å². The van der Waals surface area contributed by atoms with Gasteiger partial charge in [0.2, 0.25) is 11.6 Å². The van der Waals surface area contributed by atoms with Crippen LogP contribution in [0.15, 0.2) is 6.07 Å². The average molecular weight is 274 g/mol. The van der Waals surface area contributed by atoms with Gasteiger partial charge in [-0.1, -0.05) is 0 Å². The van der Waals surface area contributed by atoms with Gasteiger partial charge in [0.1, 0.15) is 0 Å². The third-order valence-electron chi connectivity index (χ3n) is 2.24. The van der Waals surface area contributed by atoms with Gasteiger partial charge in [0, 0.05) is 0 Å². The summed E-state index contributed by atoms with van der Waals surface area (Å²) in [6.07, 6.45) is 0. The molecule has 0 bridgehead atoms. The Kier molecular flexibility index (Phi) is 4.80. The van der Waals surface area contributed by atoms with Gasteiger partial charge in [-0.05, 0) is 13.0 Å². The Labute approximate surface area is 108 Å². The summed E-state index contributed by atoms with van der Waals surface area (Å²) in [5.74, 6) is -5.91. The minimum absolute atomic E-state index is 0.0201. The Morgan fingerprint density at radius 2 is 1.74 bits per heavy atom. The van der Waals surface area contributed by atoms with Crippen LogP contribution in [0.1, 0.15) is 17.3 Å². The van der Waals surface area contributed by atoms with Crippen molar-refractivity contribution in [3.05, 3.63) is 23.3 Å². The Morgan fingerprint density at radius 3 is 2.21 bits per heavy atom. The largest absolute Gasteiger partial charge is 0.492 e. The van der Waals surface area contributed by atoms with Crippen LogP contribution < -0.4 is 9.47 Å². The van der Waals surface area contributed by atoms with Crippen LogP contribution in [0.4, 0.5) is 8.78 Å². The molecule has 0 N–H and O–H groups in total. The molecule has 0 saturated carbocycles. The Morgan fingerprint density at radius 1 is 1.16 bits per heavy atom. The van der Waals surface area contributed by atoms with Crippen molar-refractivity contribution >= 4 is 11.8 Å². The highest BCUT2D eigenvalue weighted by molar-refractivity contribution is 6.41. The van der Waals surface area contributed by atoms with Gasteiger partial charge < -0.3 is 14.2 Å². The van der Waals surface area contributed by atoms with Crippen molar-refractivity contribution in [3.8, 4) is 11.5 Å². The zero-order chi connectivity index (χ0) is 14.6. The van der Waals surface area contributed by atoms with Crippen LogP contribution in [-0.4, -0.2) is 32.6 Å². The summed E-state index contributed by atoms with van der Waals surface area (Å²) in [6, 6.07) is 0.565. The van der Waals surface area contributed by atoms with Crippen LogP contribution in [0, 0.1) is 11.6 Å². The Bertz CT molecular complexity index is 513. The van der Waals surface area contributed by atoms with Gasteiger partial charge in [0.05, 0.1) is 26.4 Å². The maximum Gasteiger partial charge on any atom is 0.379 e. The topological polar surface area (TPSA) is 61.8 Å². The molecule has 0 amide bonds. The van der Waals surface area contributed by atoms with Crippen molar-refractivity contribution < 1.29 is 32.6 Å². The second kappa shape index (κ2) is 6.12. The fraction of sp³-hybridized carbons (Fsp3) is 0.333. The first-order valence-corrected chi connectivity index (χ1v) is 5.29. The summed E-state index contributed by atoms with van der Waals surface area (Å²) >= 11 is 0. The van der Waals surface area contributed by atoms with E-state index >= 15 is 0 Å². The van der Waals surface area contributed by atoms with Gasteiger partial charge in [0.15, 0.2) is 11.6 Å². The number of methoxy groups -OCH3 is 2. The van der Waals surface area contributed by atoms with Gasteiger partial charge in [0.25, 0.3) is 5.78 Å². The predicted octanol–water partition coefficient (Wildman–Crippen LogP) is 1.73. The fourth-order valence-electron chi connectivity index (χ4n) is 1.45. The van der Waals surface area contributed by atoms with Crippen LogP contribution in [0.2, 0.25) is 0 Å². The predicted molar refractivity (Wildman–Crippen MR) is 60.4 cm³/mol. The molecule has 0 aliphatic heterocycles. The molecular weight excluding hydrogens is 262 g/mol. The molecule has 1 rings (SSSR count). The molecule has 0 spiro atoms. The summed E-state index contributed by atoms with van der Waals surface area (Å²) < 4.78 is 40.7. The first kappa shape index (κ1) is 14.9. The van der Waals surface area contributed by atoms with E-state index in [4.69, 9.17) is 4.74 Å². The van der Waals surface area contributed by atoms with E-state index in [0.29, 0.717) is 6.07 Å². The number of hydrogen-bond acceptors (Lipinski definition) is 5. The number of carbonyl (C=O) groups excluding carboxylic acids is 2. The molecule has 0 atom stereocenters. The van der Waals surface area contributed by atoms with Crippen molar-refractivity contribution in [3.63, 3.8) is 0 Å². The number of hydrogen-bond donors (Lipinski definition) is 0. The second-order valence-corrected chi connectivity index (χ2v) is 3.34. The van der Waals surface area contributed by atoms with E-state index in [1.807, 2.05) is 0 Å². The Hall–Kier alpha value is -2.18. The van der Waals surface area contributed by atoms with E-state index in [0.717, 1.165) is 14.2 Å². The molecule has 1 aromatic rings. The SMILES string of the molecule is CCOC(=O)C(=O)c1cc(F)c(F)c(OC)c1OC. The van der Waals surface area contributed by atoms with Crippen molar-refractivity contribution in [1.29, 1.82) is 0 Å². The number of ketones is 1. The molecule has 0 unspecified atom stereocenters. The highest BCUT2D eigenvalue weighted by Gasteiger charge is 2.28. The van der Waals surface area contributed by atoms with E-state index in [9.17, 15) is 18.4 Å². The maximum atomic E-state index is 13.4. The Balaban J connectivity index is 3.39. The maximum absolute atomic E-state index is 13.4. The number of benzene rings is 1. The summed E-state index contributed by atoms with van der Waals surface area (Å²) in [4.78, 5) is 23.1. The van der Waals surface area contributed by atoms with Crippen LogP contribution in [0.5, 0.6) is 11.5 Å². The minimum Gasteiger partial charge on any atom is -0.492 e. The lowest BCUT2D eigenvalue weighted by Gasteiger charge is -2.12. The van der Waals surface area contributed by atoms with Gasteiger partial charge >= 0.3 is 5.97 Å². The molecule has 0 aromatic heterocycles. The molecule has 7 heteroatoms. The number of halogens is 2. The zero-order valence-corrected chi connectivity index (χ0v) is 10.6. The molecule has 0 aliphatic rings. The molecule has 0 radical (unpaired) electrons. The van der Waals surface area contributed by atoms with Crippen molar-refractivity contribution in [2.45, 2.75) is 6.92 Å². The zero-order valence-electron chi connectivity index (χ0n) is 10.6. The standard InChI is InChI=1S/C12H12F2O5/c1-4-19-12(16)9(15)6-5-7(13)8(14)11(18-3)10(6)17-2/h5H,4H2,1-3H3. The third kappa shape index (κ3) is 2.81. The van der Waals surface area contributed by atoms with Gasteiger partial charge in [-0.2, -0.15) is 4.39 Å². The molecule has 0 heterocycles. The molecule has 0 fully saturated rings. The lowest BCUT2D eigenvalue weighted by Crippen LogP contribution is -2.19. The highest BCUT2D eigenvalue weighted by Crippen LogP contribution is 2.35. The monoisotopic (exact) mass is 274 g/mol. The van der Waals surface area contributed by atoms with E-state index in [1.165, 1.54) is 6.92 Å². The molecule has 19 heavy (non-hydrogen) atoms. The van der Waals surface area contributed by atoms with E-state index in [2.05, 4.69) is 9.47 Å². The third-order valence-corrected chi connectivity index (χ3v) is 2.24. The molecule has 0 saturated heterocycles. The smallest absolute Gasteiger partial charge is 0.379 e. The van der Waals surface area contributed by atoms with E-state index in [-0.39, 0.29) is 12.4 Å². The normalized spacial score (nSPS) is 9.95. The number of ether oxygens (including phenoxy) is 3. The average Bonchev–Trinajstić information content (AvgIpc) is 2.40. The van der Waals surface area contributed by atoms with E-state index < -0.39 is 34.7 Å². The quantitative estimate of drug-likeness (QED) is 0.465. The lowest BCUT2D eigenvalue weighted by molar-refractivity contribution is -0.137. The summed E-state index contributed by atoms with van der Waals surface area (Å²) in [5, 5.41) is 0. The molecule has 0 aliphatic carbocycles. The van der Waals surface area contributed by atoms with Gasteiger partial charge in [-0.3, -0.25) is 4.79 Å². The first-order valence-electron chi connectivity index (χ1n) is 5.29. The highest BCUT2D eigenvalue weighted by atomic mass is 19.2. The molecule has 5 nitrogen and oxygen atoms in total. The number of carbonyl (C=O) groups is 2. The van der Waals surface area contributed by atoms with Crippen LogP contribution in [0.25, 0.3) is 0 Å². The number of esters is 1. The molecule has 104 valence electrons. The van der Waals surface area contributed by atoms with Crippen molar-refractivity contribution in [1.82, 2.24) is 0 Å². The molecular formula is C12H12F2O5. The first-order chi connectivity index (χ1) is 8.97. The van der Waals surface area contributed by atoms with Crippen LogP contribution in [-0.2, 0) is 9.53 Å². The van der Waals surface area contributed by atoms with Gasteiger partial charge in [-0.15, -0.1) is 0 Å². The summed E-state index contributed by atoms with van der Waals surface area (Å²) in [7, 11) is 2.22. The number of Topliss-reactive ketones (excluding diaryl/α,β-unsaturated/α-hetero) is 1. The minimum atomic E-state index is -1.33. The number of rotatable bonds is 5. The second-order valence-electron chi connectivity index (χ2n) is 3.34. The van der Waals surface area contributed by atoms with Crippen LogP contribution >= 0.6 is 0 Å². The van der Waals surface area contributed by atoms with Gasteiger partial charge in [-0.25, -0.2) is 9.18 Å². The summed E-state index contributed by atoms with van der Waals surface area (Å²) in [6.45, 7) is 1.49. The molecule has 1 aromatic carbocycles.